The first-order valence-electron chi connectivity index (χ1n) is 24.7. The van der Waals surface area contributed by atoms with E-state index < -0.39 is 48.7 Å². The van der Waals surface area contributed by atoms with Crippen molar-refractivity contribution < 1.29 is 44.2 Å². The number of hydrogen-bond acceptors (Lipinski definition) is 14. The maximum Gasteiger partial charge on any atom is 0.475 e. The van der Waals surface area contributed by atoms with E-state index in [1.54, 1.807) is 23.1 Å². The Hall–Kier alpha value is -6.87. The molecule has 2 aliphatic rings. The van der Waals surface area contributed by atoms with E-state index in [1.807, 2.05) is 82.3 Å². The van der Waals surface area contributed by atoms with Crippen LogP contribution in [0.15, 0.2) is 89.7 Å². The Labute approximate surface area is 419 Å². The van der Waals surface area contributed by atoms with Gasteiger partial charge in [0.25, 0.3) is 5.91 Å². The van der Waals surface area contributed by atoms with Crippen LogP contribution < -0.4 is 16.3 Å². The van der Waals surface area contributed by atoms with E-state index in [0.29, 0.717) is 41.6 Å². The van der Waals surface area contributed by atoms with Gasteiger partial charge in [0, 0.05) is 69.9 Å². The summed E-state index contributed by atoms with van der Waals surface area (Å²) in [5.41, 5.74) is 3.50. The van der Waals surface area contributed by atoms with E-state index in [2.05, 4.69) is 35.6 Å². The minimum Gasteiger partial charge on any atom is -0.508 e. The Morgan fingerprint density at radius 3 is 2.17 bits per heavy atom. The zero-order valence-electron chi connectivity index (χ0n) is 41.5. The third-order valence-electron chi connectivity index (χ3n) is 13.4. The molecule has 382 valence electrons. The van der Waals surface area contributed by atoms with Crippen LogP contribution >= 0.6 is 0 Å². The Morgan fingerprint density at radius 2 is 1.51 bits per heavy atom. The number of piperidine rings is 1. The zero-order valence-corrected chi connectivity index (χ0v) is 41.5. The molecule has 0 radical (unpaired) electrons. The van der Waals surface area contributed by atoms with Crippen molar-refractivity contribution in [3.05, 3.63) is 112 Å². The molecule has 0 bridgehead atoms. The molecule has 3 atom stereocenters. The van der Waals surface area contributed by atoms with E-state index in [-0.39, 0.29) is 60.0 Å². The second-order valence-corrected chi connectivity index (χ2v) is 19.4. The first-order chi connectivity index (χ1) is 34.4. The molecular weight excluding hydrogens is 921 g/mol. The Kier molecular flexibility index (Phi) is 17.7. The number of hydrogen-bond donors (Lipinski definition) is 7. The molecule has 7 rings (SSSR count). The molecule has 2 aromatic heterocycles. The number of likely N-dealkylation sites (tertiary alicyclic amines) is 1. The maximum absolute atomic E-state index is 13.7. The summed E-state index contributed by atoms with van der Waals surface area (Å²) in [6.45, 7) is 14.3. The van der Waals surface area contributed by atoms with Gasteiger partial charge in [-0.15, -0.1) is 0 Å². The number of phenols is 2. The fourth-order valence-electron chi connectivity index (χ4n) is 9.41. The average molecular weight is 988 g/mol. The summed E-state index contributed by atoms with van der Waals surface area (Å²) >= 11 is 0. The van der Waals surface area contributed by atoms with Crippen LogP contribution in [0.1, 0.15) is 94.3 Å². The second-order valence-electron chi connectivity index (χ2n) is 19.4. The molecule has 2 fully saturated rings. The Bertz CT molecular complexity index is 2720. The number of benzene rings is 3. The molecule has 0 spiro atoms. The minimum atomic E-state index is -1.88. The summed E-state index contributed by atoms with van der Waals surface area (Å²) in [6, 6.07) is 23.6. The number of carbonyl (C=O) groups is 4. The van der Waals surface area contributed by atoms with Crippen LogP contribution in [0.25, 0.3) is 28.3 Å². The van der Waals surface area contributed by atoms with Gasteiger partial charge in [0.2, 0.25) is 11.8 Å². The minimum absolute atomic E-state index is 0.00824. The van der Waals surface area contributed by atoms with E-state index in [0.717, 1.165) is 56.7 Å². The maximum atomic E-state index is 13.7. The predicted octanol–water partition coefficient (Wildman–Crippen LogP) is 3.99. The van der Waals surface area contributed by atoms with Gasteiger partial charge in [-0.1, -0.05) is 76.2 Å². The molecule has 0 saturated carbocycles. The lowest BCUT2D eigenvalue weighted by molar-refractivity contribution is -0.153. The smallest absolute Gasteiger partial charge is 0.475 e. The molecule has 0 aliphatic carbocycles. The Morgan fingerprint density at radius 1 is 0.819 bits per heavy atom. The van der Waals surface area contributed by atoms with Crippen molar-refractivity contribution in [2.24, 2.45) is 5.92 Å². The van der Waals surface area contributed by atoms with Crippen molar-refractivity contribution in [3.8, 4) is 39.8 Å². The lowest BCUT2D eigenvalue weighted by Crippen LogP contribution is -2.58. The van der Waals surface area contributed by atoms with E-state index in [9.17, 15) is 44.2 Å². The molecule has 20 heteroatoms. The molecule has 5 aromatic rings. The lowest BCUT2D eigenvalue weighted by Gasteiger charge is -2.42. The van der Waals surface area contributed by atoms with E-state index in [4.69, 9.17) is 4.74 Å². The molecule has 0 unspecified atom stereocenters. The first kappa shape index (κ1) is 52.9. The van der Waals surface area contributed by atoms with Gasteiger partial charge in [-0.2, -0.15) is 5.10 Å². The number of H-pyrrole nitrogens is 1. The molecule has 2 saturated heterocycles. The quantitative estimate of drug-likeness (QED) is 0.0457. The van der Waals surface area contributed by atoms with Crippen molar-refractivity contribution in [3.63, 3.8) is 0 Å². The number of pyridine rings is 1. The number of phenolic OH excluding ortho intramolecular Hbond substituents is 2. The number of nitrogens with one attached hydrogen (secondary N) is 3. The first-order valence-corrected chi connectivity index (χ1v) is 24.7. The largest absolute Gasteiger partial charge is 0.508 e. The summed E-state index contributed by atoms with van der Waals surface area (Å²) in [5, 5.41) is 53.0. The van der Waals surface area contributed by atoms with Gasteiger partial charge in [-0.05, 0) is 79.5 Å². The number of esters is 1. The lowest BCUT2D eigenvalue weighted by atomic mass is 9.75. The molecule has 7 N–H and O–H groups in total. The molecule has 2 aliphatic heterocycles. The number of piperazine rings is 1. The van der Waals surface area contributed by atoms with Gasteiger partial charge in [0.05, 0.1) is 29.3 Å². The number of amides is 3. The number of aromatic nitrogens is 4. The Balaban J connectivity index is 0.871. The van der Waals surface area contributed by atoms with Crippen molar-refractivity contribution >= 4 is 30.8 Å². The van der Waals surface area contributed by atoms with Crippen LogP contribution in [0.5, 0.6) is 11.5 Å². The predicted molar refractivity (Wildman–Crippen MR) is 271 cm³/mol. The molecular formula is C52H66BN9O10. The van der Waals surface area contributed by atoms with Gasteiger partial charge in [0.1, 0.15) is 29.3 Å². The third kappa shape index (κ3) is 13.3. The van der Waals surface area contributed by atoms with Gasteiger partial charge in [-0.3, -0.25) is 29.0 Å². The molecule has 4 heterocycles. The van der Waals surface area contributed by atoms with Crippen molar-refractivity contribution in [2.45, 2.75) is 103 Å². The summed E-state index contributed by atoms with van der Waals surface area (Å²) in [7, 11) is -1.88. The van der Waals surface area contributed by atoms with Gasteiger partial charge < -0.3 is 40.5 Å². The highest BCUT2D eigenvalue weighted by Gasteiger charge is 2.35. The fourth-order valence-corrected chi connectivity index (χ4v) is 9.41. The summed E-state index contributed by atoms with van der Waals surface area (Å²) in [4.78, 5) is 77.9. The molecule has 3 amide bonds. The molecule has 19 nitrogen and oxygen atoms in total. The van der Waals surface area contributed by atoms with Gasteiger partial charge in [0.15, 0.2) is 5.82 Å². The van der Waals surface area contributed by atoms with Crippen LogP contribution in [-0.2, 0) is 25.7 Å². The highest BCUT2D eigenvalue weighted by Crippen LogP contribution is 2.37. The zero-order chi connectivity index (χ0) is 51.6. The number of aromatic amines is 1. The fraction of sp³-hybridized carbons (Fsp3) is 0.442. The topological polar surface area (TPSA) is 256 Å². The average Bonchev–Trinajstić information content (AvgIpc) is 3.75. The highest BCUT2D eigenvalue weighted by molar-refractivity contribution is 6.43. The van der Waals surface area contributed by atoms with Crippen LogP contribution in [0.2, 0.25) is 0 Å². The van der Waals surface area contributed by atoms with Gasteiger partial charge in [-0.25, -0.2) is 19.4 Å². The number of ether oxygens (including phenoxy) is 1. The summed E-state index contributed by atoms with van der Waals surface area (Å²) in [5.74, 6) is -3.46. The van der Waals surface area contributed by atoms with Crippen molar-refractivity contribution in [2.75, 3.05) is 39.3 Å². The van der Waals surface area contributed by atoms with Crippen LogP contribution in [0.3, 0.4) is 0 Å². The van der Waals surface area contributed by atoms with Crippen LogP contribution in [0, 0.1) is 5.92 Å². The molecule has 72 heavy (non-hydrogen) atoms. The molecule has 3 aromatic carbocycles. The van der Waals surface area contributed by atoms with E-state index in [1.165, 1.54) is 23.6 Å². The standard InChI is InChI=1S/C52H66BN9O10/c1-32(2)28-45(53(70)71)55-51(68)48(56-50(67)42-13-9-12-41(54-42)36-10-7-6-8-11-36)34(5)72-47(66)19-18-46(65)61-22-20-37(21-23-61)60-26-24-59(25-27-60)31-35-14-16-38(17-15-35)62-49(57-58-52(62)69)40-29-39(33(3)4)43(63)30-44(40)64/h6-17,29-30,32-34,37,45,48,63-64,70-71H,18-28,31H2,1-5H3,(H,55,68)(H,56,67)(H,58,69)/t34-,45+,48+/m1/s1. The number of carbonyl (C=O) groups excluding carboxylic acids is 4. The third-order valence-corrected chi connectivity index (χ3v) is 13.4. The summed E-state index contributed by atoms with van der Waals surface area (Å²) < 4.78 is 7.06. The number of aromatic hydroxyl groups is 2. The van der Waals surface area contributed by atoms with Crippen LogP contribution in [-0.4, -0.2) is 149 Å². The summed E-state index contributed by atoms with van der Waals surface area (Å²) in [6.07, 6.45) is 0.281. The van der Waals surface area contributed by atoms with Gasteiger partial charge >= 0.3 is 18.8 Å². The van der Waals surface area contributed by atoms with Crippen molar-refractivity contribution in [1.82, 2.24) is 45.1 Å². The van der Waals surface area contributed by atoms with Crippen molar-refractivity contribution in [1.29, 1.82) is 0 Å². The van der Waals surface area contributed by atoms with E-state index >= 15 is 0 Å². The SMILES string of the molecule is CC(C)C[C@H](NC(=O)[C@@H](NC(=O)c1cccc(-c2ccccc2)n1)[C@@H](C)OC(=O)CCC(=O)N1CCC(N2CCN(Cc3ccc(-n4c(-c5cc(C(C)C)c(O)cc5O)n[nH]c4=O)cc3)CC2)CC1)B(O)O. The second kappa shape index (κ2) is 24.0. The normalized spacial score (nSPS) is 16.0. The monoisotopic (exact) mass is 988 g/mol. The number of rotatable bonds is 19. The highest BCUT2D eigenvalue weighted by atomic mass is 16.5. The number of nitrogens with zero attached hydrogens (tertiary/aromatic N) is 6. The van der Waals surface area contributed by atoms with Crippen LogP contribution in [0.4, 0.5) is 0 Å².